The fraction of sp³-hybridized carbons (Fsp3) is 0.667. The lowest BCUT2D eigenvalue weighted by Crippen LogP contribution is -2.11. The molecule has 48 valence electrons. The number of nitrogens with zero attached hydrogens (tertiary/aromatic N) is 1. The van der Waals surface area contributed by atoms with Crippen LogP contribution in [0.3, 0.4) is 0 Å². The molecule has 9 heavy (non-hydrogen) atoms. The lowest BCUT2D eigenvalue weighted by Gasteiger charge is -1.98. The summed E-state index contributed by atoms with van der Waals surface area (Å²) >= 11 is 3.16. The molecule has 0 bridgehead atoms. The highest BCUT2D eigenvalue weighted by molar-refractivity contribution is 9.10. The lowest BCUT2D eigenvalue weighted by atomic mass is 10.1. The van der Waals surface area contributed by atoms with Crippen molar-refractivity contribution in [3.05, 3.63) is 0 Å². The smallest absolute Gasteiger partial charge is 0.147 e. The molecular formula is C6H6BrNO. The molecule has 0 aromatic carbocycles. The molecule has 1 rings (SSSR count). The number of rotatable bonds is 0. The monoisotopic (exact) mass is 187 g/mol. The van der Waals surface area contributed by atoms with Gasteiger partial charge in [0.2, 0.25) is 0 Å². The number of nitriles is 1. The first kappa shape index (κ1) is 6.76. The maximum atomic E-state index is 10.7. The SMILES string of the molecule is N#C[C@@H]1CCC(=O)[C@@H]1Br. The number of ketones is 1. The standard InChI is InChI=1S/C6H6BrNO/c7-6-4(3-8)1-2-5(6)9/h4,6H,1-2H2/t4-,6+/m0/s1. The lowest BCUT2D eigenvalue weighted by molar-refractivity contribution is -0.116. The van der Waals surface area contributed by atoms with Crippen molar-refractivity contribution in [1.82, 2.24) is 0 Å². The van der Waals surface area contributed by atoms with Gasteiger partial charge in [0, 0.05) is 6.42 Å². The van der Waals surface area contributed by atoms with Gasteiger partial charge in [-0.1, -0.05) is 15.9 Å². The van der Waals surface area contributed by atoms with E-state index in [1.54, 1.807) is 0 Å². The van der Waals surface area contributed by atoms with Crippen molar-refractivity contribution in [2.24, 2.45) is 5.92 Å². The van der Waals surface area contributed by atoms with Crippen molar-refractivity contribution in [3.8, 4) is 6.07 Å². The van der Waals surface area contributed by atoms with Crippen LogP contribution in [0.1, 0.15) is 12.8 Å². The van der Waals surface area contributed by atoms with Crippen LogP contribution < -0.4 is 0 Å². The van der Waals surface area contributed by atoms with Gasteiger partial charge < -0.3 is 0 Å². The third-order valence-electron chi connectivity index (χ3n) is 1.53. The van der Waals surface area contributed by atoms with Crippen LogP contribution in [-0.2, 0) is 4.79 Å². The molecule has 0 amide bonds. The van der Waals surface area contributed by atoms with E-state index in [1.807, 2.05) is 0 Å². The third-order valence-corrected chi connectivity index (χ3v) is 2.68. The molecule has 0 aromatic rings. The number of carbonyl (C=O) groups is 1. The Kier molecular flexibility index (Phi) is 1.87. The molecule has 3 heteroatoms. The first-order valence-electron chi connectivity index (χ1n) is 2.82. The largest absolute Gasteiger partial charge is 0.298 e. The maximum absolute atomic E-state index is 10.7. The van der Waals surface area contributed by atoms with Crippen LogP contribution in [0.15, 0.2) is 0 Å². The van der Waals surface area contributed by atoms with E-state index < -0.39 is 0 Å². The summed E-state index contributed by atoms with van der Waals surface area (Å²) in [7, 11) is 0. The minimum absolute atomic E-state index is 0.0856. The van der Waals surface area contributed by atoms with Gasteiger partial charge in [0.25, 0.3) is 0 Å². The van der Waals surface area contributed by atoms with E-state index in [4.69, 9.17) is 5.26 Å². The number of alkyl halides is 1. The Labute approximate surface area is 62.0 Å². The molecule has 0 heterocycles. The second kappa shape index (κ2) is 2.49. The van der Waals surface area contributed by atoms with Gasteiger partial charge in [0.05, 0.1) is 16.8 Å². The summed E-state index contributed by atoms with van der Waals surface area (Å²) in [5, 5.41) is 8.42. The minimum atomic E-state index is -0.192. The average Bonchev–Trinajstić information content (AvgIpc) is 2.15. The van der Waals surface area contributed by atoms with Gasteiger partial charge in [0.15, 0.2) is 0 Å². The predicted molar refractivity (Wildman–Crippen MR) is 36.1 cm³/mol. The van der Waals surface area contributed by atoms with E-state index in [9.17, 15) is 4.79 Å². The molecule has 0 saturated heterocycles. The van der Waals surface area contributed by atoms with Crippen LogP contribution in [0, 0.1) is 17.2 Å². The fourth-order valence-corrected chi connectivity index (χ4v) is 1.55. The summed E-state index contributed by atoms with van der Waals surface area (Å²) in [5.74, 6) is 0.0825. The number of hydrogen-bond donors (Lipinski definition) is 0. The topological polar surface area (TPSA) is 40.9 Å². The highest BCUT2D eigenvalue weighted by atomic mass is 79.9. The van der Waals surface area contributed by atoms with E-state index >= 15 is 0 Å². The summed E-state index contributed by atoms with van der Waals surface area (Å²) < 4.78 is 0. The molecule has 2 atom stereocenters. The molecule has 1 aliphatic carbocycles. The fourth-order valence-electron chi connectivity index (χ4n) is 0.936. The van der Waals surface area contributed by atoms with E-state index in [-0.39, 0.29) is 16.5 Å². The Morgan fingerprint density at radius 2 is 2.44 bits per heavy atom. The zero-order valence-corrected chi connectivity index (χ0v) is 6.39. The van der Waals surface area contributed by atoms with Crippen LogP contribution in [0.4, 0.5) is 0 Å². The predicted octanol–water partition coefficient (Wildman–Crippen LogP) is 1.25. The van der Waals surface area contributed by atoms with Crippen molar-refractivity contribution in [2.75, 3.05) is 0 Å². The zero-order chi connectivity index (χ0) is 6.85. The van der Waals surface area contributed by atoms with E-state index in [0.717, 1.165) is 6.42 Å². The molecule has 0 unspecified atom stereocenters. The molecule has 0 radical (unpaired) electrons. The molecule has 1 fully saturated rings. The molecule has 0 spiro atoms. The van der Waals surface area contributed by atoms with E-state index in [1.165, 1.54) is 0 Å². The molecule has 1 aliphatic rings. The Hall–Kier alpha value is -0.360. The normalized spacial score (nSPS) is 34.4. The van der Waals surface area contributed by atoms with Gasteiger partial charge in [-0.15, -0.1) is 0 Å². The number of halogens is 1. The van der Waals surface area contributed by atoms with Gasteiger partial charge in [-0.25, -0.2) is 0 Å². The summed E-state index contributed by atoms with van der Waals surface area (Å²) in [6.45, 7) is 0. The van der Waals surface area contributed by atoms with Crippen molar-refractivity contribution >= 4 is 21.7 Å². The first-order chi connectivity index (χ1) is 4.25. The second-order valence-electron chi connectivity index (χ2n) is 2.14. The van der Waals surface area contributed by atoms with Crippen molar-refractivity contribution < 1.29 is 4.79 Å². The number of Topliss-reactive ketones (excluding diaryl/α,β-unsaturated/α-hetero) is 1. The maximum Gasteiger partial charge on any atom is 0.147 e. The van der Waals surface area contributed by atoms with Crippen LogP contribution in [-0.4, -0.2) is 10.6 Å². The van der Waals surface area contributed by atoms with E-state index in [2.05, 4.69) is 22.0 Å². The molecule has 0 aromatic heterocycles. The van der Waals surface area contributed by atoms with Crippen LogP contribution in [0.5, 0.6) is 0 Å². The van der Waals surface area contributed by atoms with Crippen LogP contribution in [0.25, 0.3) is 0 Å². The minimum Gasteiger partial charge on any atom is -0.298 e. The van der Waals surface area contributed by atoms with Crippen molar-refractivity contribution in [1.29, 1.82) is 5.26 Å². The molecular weight excluding hydrogens is 182 g/mol. The van der Waals surface area contributed by atoms with Gasteiger partial charge in [0.1, 0.15) is 5.78 Å². The second-order valence-corrected chi connectivity index (χ2v) is 3.13. The molecule has 1 saturated carbocycles. The van der Waals surface area contributed by atoms with Crippen molar-refractivity contribution in [2.45, 2.75) is 17.7 Å². The van der Waals surface area contributed by atoms with Crippen LogP contribution in [0.2, 0.25) is 0 Å². The number of hydrogen-bond acceptors (Lipinski definition) is 2. The Balaban J connectivity index is 2.64. The third kappa shape index (κ3) is 1.13. The van der Waals surface area contributed by atoms with Crippen LogP contribution >= 0.6 is 15.9 Å². The summed E-state index contributed by atoms with van der Waals surface area (Å²) in [4.78, 5) is 10.6. The van der Waals surface area contributed by atoms with E-state index in [0.29, 0.717) is 6.42 Å². The van der Waals surface area contributed by atoms with Gasteiger partial charge in [-0.2, -0.15) is 5.26 Å². The Bertz CT molecular complexity index is 172. The van der Waals surface area contributed by atoms with Gasteiger partial charge in [-0.05, 0) is 6.42 Å². The molecule has 0 N–H and O–H groups in total. The van der Waals surface area contributed by atoms with Gasteiger partial charge in [-0.3, -0.25) is 4.79 Å². The average molecular weight is 188 g/mol. The highest BCUT2D eigenvalue weighted by Gasteiger charge is 2.31. The molecule has 0 aliphatic heterocycles. The summed E-state index contributed by atoms with van der Waals surface area (Å²) in [5.41, 5.74) is 0. The van der Waals surface area contributed by atoms with Gasteiger partial charge >= 0.3 is 0 Å². The summed E-state index contributed by atoms with van der Waals surface area (Å²) in [6.07, 6.45) is 1.29. The van der Waals surface area contributed by atoms with Crippen molar-refractivity contribution in [3.63, 3.8) is 0 Å². The Morgan fingerprint density at radius 3 is 2.67 bits per heavy atom. The zero-order valence-electron chi connectivity index (χ0n) is 4.80. The quantitative estimate of drug-likeness (QED) is 0.536. The summed E-state index contributed by atoms with van der Waals surface area (Å²) in [6, 6.07) is 2.08. The highest BCUT2D eigenvalue weighted by Crippen LogP contribution is 2.27. The Morgan fingerprint density at radius 1 is 1.78 bits per heavy atom. The molecule has 2 nitrogen and oxygen atoms in total. The number of carbonyl (C=O) groups excluding carboxylic acids is 1. The first-order valence-corrected chi connectivity index (χ1v) is 3.73.